The minimum atomic E-state index is -0.321. The Morgan fingerprint density at radius 3 is 2.71 bits per heavy atom. The zero-order chi connectivity index (χ0) is 21.6. The summed E-state index contributed by atoms with van der Waals surface area (Å²) in [6.45, 7) is 0. The Kier molecular flexibility index (Phi) is 6.08. The first-order chi connectivity index (χ1) is 15.1. The van der Waals surface area contributed by atoms with Crippen LogP contribution in [-0.4, -0.2) is 32.7 Å². The zero-order valence-corrected chi connectivity index (χ0v) is 17.0. The van der Waals surface area contributed by atoms with Crippen molar-refractivity contribution in [2.45, 2.75) is 5.16 Å². The lowest BCUT2D eigenvalue weighted by atomic mass is 10.1. The van der Waals surface area contributed by atoms with Crippen molar-refractivity contribution >= 4 is 46.3 Å². The number of hydrogen-bond acceptors (Lipinski definition) is 7. The Balaban J connectivity index is 1.34. The lowest BCUT2D eigenvalue weighted by molar-refractivity contribution is -0.113. The summed E-state index contributed by atoms with van der Waals surface area (Å²) in [5, 5.41) is 17.2. The fourth-order valence-corrected chi connectivity index (χ4v) is 3.47. The van der Waals surface area contributed by atoms with Gasteiger partial charge in [0.15, 0.2) is 0 Å². The molecule has 3 aromatic carbocycles. The van der Waals surface area contributed by atoms with Gasteiger partial charge in [-0.3, -0.25) is 4.79 Å². The number of hydrogen-bond donors (Lipinski definition) is 3. The molecule has 8 nitrogen and oxygen atoms in total. The number of nitrogens with two attached hydrogens (primary N) is 1. The maximum atomic E-state index is 12.9. The Morgan fingerprint density at radius 2 is 1.87 bits per heavy atom. The number of amides is 1. The number of thioether (sulfide) groups is 1. The van der Waals surface area contributed by atoms with Gasteiger partial charge in [-0.15, -0.1) is 10.2 Å². The van der Waals surface area contributed by atoms with E-state index in [1.165, 1.54) is 23.0 Å². The topological polar surface area (TPSA) is 110 Å². The number of carbonyl (C=O) groups is 1. The van der Waals surface area contributed by atoms with Crippen molar-refractivity contribution in [1.82, 2.24) is 14.9 Å². The third-order valence-electron chi connectivity index (χ3n) is 4.31. The number of benzene rings is 3. The van der Waals surface area contributed by atoms with Gasteiger partial charge in [0.05, 0.1) is 12.0 Å². The Labute approximate surface area is 181 Å². The summed E-state index contributed by atoms with van der Waals surface area (Å²) in [6.07, 6.45) is 1.50. The molecule has 0 atom stereocenters. The third kappa shape index (κ3) is 4.98. The molecule has 0 saturated carbocycles. The number of nitrogens with one attached hydrogen (secondary N) is 2. The molecule has 10 heteroatoms. The van der Waals surface area contributed by atoms with Crippen LogP contribution in [0.25, 0.3) is 10.8 Å². The minimum absolute atomic E-state index is 0.109. The van der Waals surface area contributed by atoms with Gasteiger partial charge in [0.25, 0.3) is 5.95 Å². The molecule has 1 amide bonds. The molecule has 0 fully saturated rings. The maximum Gasteiger partial charge on any atom is 0.264 e. The van der Waals surface area contributed by atoms with E-state index >= 15 is 0 Å². The zero-order valence-electron chi connectivity index (χ0n) is 16.2. The van der Waals surface area contributed by atoms with Crippen molar-refractivity contribution < 1.29 is 9.18 Å². The van der Waals surface area contributed by atoms with Crippen LogP contribution >= 0.6 is 11.8 Å². The van der Waals surface area contributed by atoms with Gasteiger partial charge in [-0.1, -0.05) is 60.3 Å². The molecule has 0 aliphatic heterocycles. The molecule has 0 saturated heterocycles. The van der Waals surface area contributed by atoms with Crippen molar-refractivity contribution in [1.29, 1.82) is 0 Å². The van der Waals surface area contributed by atoms with Crippen molar-refractivity contribution in [3.05, 3.63) is 78.1 Å². The van der Waals surface area contributed by atoms with Gasteiger partial charge in [0.2, 0.25) is 11.1 Å². The van der Waals surface area contributed by atoms with Gasteiger partial charge in [-0.25, -0.2) is 14.5 Å². The number of halogens is 1. The van der Waals surface area contributed by atoms with Crippen molar-refractivity contribution in [2.75, 3.05) is 22.3 Å². The van der Waals surface area contributed by atoms with Gasteiger partial charge in [-0.2, -0.15) is 5.10 Å². The number of rotatable bonds is 7. The average molecular weight is 435 g/mol. The van der Waals surface area contributed by atoms with Crippen LogP contribution in [0.4, 0.5) is 16.0 Å². The number of anilines is 2. The highest BCUT2D eigenvalue weighted by atomic mass is 32.2. The predicted molar refractivity (Wildman–Crippen MR) is 121 cm³/mol. The summed E-state index contributed by atoms with van der Waals surface area (Å²) in [5.41, 5.74) is 4.12. The van der Waals surface area contributed by atoms with Crippen LogP contribution in [0.1, 0.15) is 5.56 Å². The average Bonchev–Trinajstić information content (AvgIpc) is 3.13. The summed E-state index contributed by atoms with van der Waals surface area (Å²) < 4.78 is 14.1. The number of nitrogens with zero attached hydrogens (tertiary/aromatic N) is 4. The predicted octanol–water partition coefficient (Wildman–Crippen LogP) is 3.46. The van der Waals surface area contributed by atoms with Crippen molar-refractivity contribution in [3.8, 4) is 0 Å². The molecule has 4 aromatic rings. The molecule has 0 bridgehead atoms. The Bertz CT molecular complexity index is 1230. The summed E-state index contributed by atoms with van der Waals surface area (Å²) >= 11 is 1.15. The SMILES string of the molecule is Nn1c(N/N=C/c2ccc(F)cc2)nnc1SCC(=O)Nc1cccc2ccccc12. The fourth-order valence-electron chi connectivity index (χ4n) is 2.82. The summed E-state index contributed by atoms with van der Waals surface area (Å²) in [5.74, 6) is 5.77. The number of hydrazone groups is 1. The van der Waals surface area contributed by atoms with Crippen LogP contribution < -0.4 is 16.6 Å². The Hall–Kier alpha value is -3.92. The first-order valence-corrected chi connectivity index (χ1v) is 10.2. The van der Waals surface area contributed by atoms with Crippen LogP contribution in [0.5, 0.6) is 0 Å². The van der Waals surface area contributed by atoms with Gasteiger partial charge in [-0.05, 0) is 29.1 Å². The molecule has 31 heavy (non-hydrogen) atoms. The van der Waals surface area contributed by atoms with Gasteiger partial charge in [0, 0.05) is 11.1 Å². The van der Waals surface area contributed by atoms with E-state index in [0.29, 0.717) is 10.7 Å². The number of carbonyl (C=O) groups excluding carboxylic acids is 1. The standard InChI is InChI=1S/C21H18FN7OS/c22-16-10-8-14(9-11-16)12-24-26-20-27-28-21(29(20)23)31-13-19(30)25-18-7-3-5-15-4-1-2-6-17(15)18/h1-12H,13,23H2,(H,25,30)(H,26,27)/b24-12+. The molecule has 4 rings (SSSR count). The smallest absolute Gasteiger partial charge is 0.264 e. The maximum absolute atomic E-state index is 12.9. The van der Waals surface area contributed by atoms with Crippen LogP contribution in [0.15, 0.2) is 77.0 Å². The Morgan fingerprint density at radius 1 is 1.10 bits per heavy atom. The lowest BCUT2D eigenvalue weighted by Gasteiger charge is -2.08. The largest absolute Gasteiger partial charge is 0.334 e. The summed E-state index contributed by atoms with van der Waals surface area (Å²) in [4.78, 5) is 12.4. The lowest BCUT2D eigenvalue weighted by Crippen LogP contribution is -2.17. The van der Waals surface area contributed by atoms with Crippen molar-refractivity contribution in [3.63, 3.8) is 0 Å². The van der Waals surface area contributed by atoms with E-state index in [0.717, 1.165) is 28.2 Å². The van der Waals surface area contributed by atoms with Crippen LogP contribution in [0.3, 0.4) is 0 Å². The molecule has 1 heterocycles. The van der Waals surface area contributed by atoms with Crippen molar-refractivity contribution in [2.24, 2.45) is 5.10 Å². The first kappa shape index (κ1) is 20.4. The highest BCUT2D eigenvalue weighted by Gasteiger charge is 2.12. The first-order valence-electron chi connectivity index (χ1n) is 9.26. The van der Waals surface area contributed by atoms with E-state index in [1.807, 2.05) is 42.5 Å². The molecule has 0 radical (unpaired) electrons. The molecular formula is C21H18FN7OS. The number of aromatic nitrogens is 3. The number of fused-ring (bicyclic) bond motifs is 1. The normalized spacial score (nSPS) is 11.1. The molecule has 156 valence electrons. The van der Waals surface area contributed by atoms with Crippen LogP contribution in [-0.2, 0) is 4.79 Å². The van der Waals surface area contributed by atoms with Gasteiger partial charge < -0.3 is 11.2 Å². The van der Waals surface area contributed by atoms with E-state index in [4.69, 9.17) is 5.84 Å². The second kappa shape index (κ2) is 9.26. The number of nitrogen functional groups attached to an aromatic ring is 1. The second-order valence-electron chi connectivity index (χ2n) is 6.46. The van der Waals surface area contributed by atoms with E-state index in [-0.39, 0.29) is 23.4 Å². The molecule has 0 spiro atoms. The summed E-state index contributed by atoms with van der Waals surface area (Å²) in [7, 11) is 0. The van der Waals surface area contributed by atoms with E-state index in [1.54, 1.807) is 12.1 Å². The molecule has 0 aliphatic rings. The molecule has 0 unspecified atom stereocenters. The highest BCUT2D eigenvalue weighted by molar-refractivity contribution is 7.99. The molecule has 1 aromatic heterocycles. The fraction of sp³-hybridized carbons (Fsp3) is 0.0476. The van der Waals surface area contributed by atoms with Crippen LogP contribution in [0.2, 0.25) is 0 Å². The minimum Gasteiger partial charge on any atom is -0.334 e. The molecule has 0 aliphatic carbocycles. The molecule has 4 N–H and O–H groups in total. The van der Waals surface area contributed by atoms with E-state index in [2.05, 4.69) is 26.0 Å². The summed E-state index contributed by atoms with van der Waals surface area (Å²) in [6, 6.07) is 19.4. The molecular weight excluding hydrogens is 417 g/mol. The third-order valence-corrected chi connectivity index (χ3v) is 5.25. The van der Waals surface area contributed by atoms with E-state index in [9.17, 15) is 9.18 Å². The van der Waals surface area contributed by atoms with Gasteiger partial charge >= 0.3 is 0 Å². The van der Waals surface area contributed by atoms with Gasteiger partial charge in [0.1, 0.15) is 5.82 Å². The quantitative estimate of drug-likeness (QED) is 0.177. The van der Waals surface area contributed by atoms with E-state index < -0.39 is 0 Å². The monoisotopic (exact) mass is 435 g/mol. The highest BCUT2D eigenvalue weighted by Crippen LogP contribution is 2.24. The van der Waals surface area contributed by atoms with Crippen LogP contribution in [0, 0.1) is 5.82 Å². The second-order valence-corrected chi connectivity index (χ2v) is 7.40.